The molecular weight excluding hydrogens is 308 g/mol. The minimum Gasteiger partial charge on any atom is -0.497 e. The molecule has 0 bridgehead atoms. The predicted octanol–water partition coefficient (Wildman–Crippen LogP) is 0.788. The molecule has 1 aromatic carbocycles. The summed E-state index contributed by atoms with van der Waals surface area (Å²) in [5, 5.41) is 2.10. The molecule has 7 heteroatoms. The summed E-state index contributed by atoms with van der Waals surface area (Å²) in [5.74, 6) is 0.553. The minimum absolute atomic E-state index is 0.293. The normalized spacial score (nSPS) is 16.4. The molecule has 0 aliphatic carbocycles. The maximum absolute atomic E-state index is 11.5. The molecular formula is C17H26N4O3. The smallest absolute Gasteiger partial charge is 0.318 e. The van der Waals surface area contributed by atoms with Crippen molar-refractivity contribution in [3.8, 4) is 5.75 Å². The maximum atomic E-state index is 11.5. The van der Waals surface area contributed by atoms with Crippen molar-refractivity contribution >= 4 is 11.9 Å². The Labute approximate surface area is 142 Å². The highest BCUT2D eigenvalue weighted by molar-refractivity contribution is 5.93. The van der Waals surface area contributed by atoms with Crippen molar-refractivity contribution in [2.45, 2.75) is 19.4 Å². The number of methoxy groups -OCH3 is 1. The topological polar surface area (TPSA) is 87.9 Å². The van der Waals surface area contributed by atoms with Crippen molar-refractivity contribution < 1.29 is 14.3 Å². The first-order valence-electron chi connectivity index (χ1n) is 8.24. The number of benzene rings is 1. The Hall–Kier alpha value is -2.12. The Balaban J connectivity index is 1.75. The van der Waals surface area contributed by atoms with Gasteiger partial charge in [-0.15, -0.1) is 0 Å². The number of carbonyl (C=O) groups is 2. The molecule has 3 amide bonds. The van der Waals surface area contributed by atoms with E-state index < -0.39 is 6.03 Å². The molecule has 1 aliphatic heterocycles. The van der Waals surface area contributed by atoms with Gasteiger partial charge < -0.3 is 15.4 Å². The molecule has 24 heavy (non-hydrogen) atoms. The van der Waals surface area contributed by atoms with E-state index in [1.54, 1.807) is 7.11 Å². The second-order valence-electron chi connectivity index (χ2n) is 5.98. The van der Waals surface area contributed by atoms with Crippen molar-refractivity contribution in [2.24, 2.45) is 5.73 Å². The summed E-state index contributed by atoms with van der Waals surface area (Å²) >= 11 is 0. The lowest BCUT2D eigenvalue weighted by Crippen LogP contribution is -2.38. The van der Waals surface area contributed by atoms with Crippen LogP contribution in [0.4, 0.5) is 4.79 Å². The second kappa shape index (κ2) is 9.24. The highest BCUT2D eigenvalue weighted by Gasteiger charge is 2.16. The number of nitrogens with one attached hydrogen (secondary N) is 1. The number of nitrogens with two attached hydrogens (primary N) is 1. The fourth-order valence-electron chi connectivity index (χ4n) is 2.85. The molecule has 0 spiro atoms. The Kier molecular flexibility index (Phi) is 7.02. The largest absolute Gasteiger partial charge is 0.497 e. The van der Waals surface area contributed by atoms with E-state index in [1.807, 2.05) is 12.1 Å². The summed E-state index contributed by atoms with van der Waals surface area (Å²) in [7, 11) is 1.67. The van der Waals surface area contributed by atoms with Crippen molar-refractivity contribution in [2.75, 3.05) is 39.8 Å². The molecule has 1 heterocycles. The highest BCUT2D eigenvalue weighted by atomic mass is 16.5. The van der Waals surface area contributed by atoms with E-state index in [-0.39, 0.29) is 5.91 Å². The number of imide groups is 1. The third-order valence-electron chi connectivity index (χ3n) is 4.16. The van der Waals surface area contributed by atoms with Crippen LogP contribution >= 0.6 is 0 Å². The number of ether oxygens (including phenoxy) is 1. The van der Waals surface area contributed by atoms with Gasteiger partial charge in [0.2, 0.25) is 5.91 Å². The van der Waals surface area contributed by atoms with E-state index in [0.717, 1.165) is 44.9 Å². The zero-order chi connectivity index (χ0) is 17.4. The molecule has 0 atom stereocenters. The van der Waals surface area contributed by atoms with Crippen LogP contribution in [0.15, 0.2) is 24.3 Å². The highest BCUT2D eigenvalue weighted by Crippen LogP contribution is 2.14. The fourth-order valence-corrected chi connectivity index (χ4v) is 2.85. The monoisotopic (exact) mass is 334 g/mol. The standard InChI is InChI=1S/C17H26N4O3/c1-24-15-5-3-14(4-6-15)13-21-9-2-8-20(11-12-21)10-7-16(22)19-17(18)23/h3-6H,2,7-13H2,1H3,(H3,18,19,22,23). The van der Waals surface area contributed by atoms with Gasteiger partial charge in [0.1, 0.15) is 5.75 Å². The van der Waals surface area contributed by atoms with Crippen LogP contribution in [0.2, 0.25) is 0 Å². The lowest BCUT2D eigenvalue weighted by atomic mass is 10.2. The molecule has 0 unspecified atom stereocenters. The van der Waals surface area contributed by atoms with Gasteiger partial charge >= 0.3 is 6.03 Å². The van der Waals surface area contributed by atoms with Crippen LogP contribution in [0.25, 0.3) is 0 Å². The van der Waals surface area contributed by atoms with Gasteiger partial charge in [-0.3, -0.25) is 15.0 Å². The predicted molar refractivity (Wildman–Crippen MR) is 91.7 cm³/mol. The number of urea groups is 1. The molecule has 132 valence electrons. The molecule has 0 radical (unpaired) electrons. The number of carbonyl (C=O) groups excluding carboxylic acids is 2. The minimum atomic E-state index is -0.790. The van der Waals surface area contributed by atoms with Crippen molar-refractivity contribution in [3.63, 3.8) is 0 Å². The zero-order valence-corrected chi connectivity index (χ0v) is 14.2. The SMILES string of the molecule is COc1ccc(CN2CCCN(CCC(=O)NC(N)=O)CC2)cc1. The zero-order valence-electron chi connectivity index (χ0n) is 14.2. The average Bonchev–Trinajstić information content (AvgIpc) is 2.78. The number of amides is 3. The van der Waals surface area contributed by atoms with Crippen LogP contribution in [0.1, 0.15) is 18.4 Å². The van der Waals surface area contributed by atoms with E-state index in [1.165, 1.54) is 5.56 Å². The van der Waals surface area contributed by atoms with Crippen molar-refractivity contribution in [3.05, 3.63) is 29.8 Å². The van der Waals surface area contributed by atoms with Crippen LogP contribution in [0.5, 0.6) is 5.75 Å². The Bertz CT molecular complexity index is 547. The van der Waals surface area contributed by atoms with E-state index in [0.29, 0.717) is 13.0 Å². The average molecular weight is 334 g/mol. The van der Waals surface area contributed by atoms with Crippen LogP contribution in [0, 0.1) is 0 Å². The van der Waals surface area contributed by atoms with Gasteiger partial charge in [0.25, 0.3) is 0 Å². The summed E-state index contributed by atoms with van der Waals surface area (Å²) in [6, 6.07) is 7.36. The van der Waals surface area contributed by atoms with Gasteiger partial charge in [-0.1, -0.05) is 12.1 Å². The van der Waals surface area contributed by atoms with Crippen molar-refractivity contribution in [1.29, 1.82) is 0 Å². The third-order valence-corrected chi connectivity index (χ3v) is 4.16. The van der Waals surface area contributed by atoms with E-state index in [9.17, 15) is 9.59 Å². The molecule has 2 rings (SSSR count). The maximum Gasteiger partial charge on any atom is 0.318 e. The van der Waals surface area contributed by atoms with Crippen LogP contribution in [-0.4, -0.2) is 61.6 Å². The molecule has 1 aliphatic rings. The lowest BCUT2D eigenvalue weighted by Gasteiger charge is -2.21. The van der Waals surface area contributed by atoms with Gasteiger partial charge in [-0.2, -0.15) is 0 Å². The second-order valence-corrected chi connectivity index (χ2v) is 5.98. The van der Waals surface area contributed by atoms with Gasteiger partial charge in [0.15, 0.2) is 0 Å². The van der Waals surface area contributed by atoms with Crippen LogP contribution < -0.4 is 15.8 Å². The van der Waals surface area contributed by atoms with Gasteiger partial charge in [-0.25, -0.2) is 4.79 Å². The molecule has 0 saturated carbocycles. The van der Waals surface area contributed by atoms with E-state index >= 15 is 0 Å². The molecule has 1 aromatic rings. The lowest BCUT2D eigenvalue weighted by molar-refractivity contribution is -0.120. The first-order chi connectivity index (χ1) is 11.6. The van der Waals surface area contributed by atoms with E-state index in [4.69, 9.17) is 10.5 Å². The number of nitrogens with zero attached hydrogens (tertiary/aromatic N) is 2. The molecule has 1 saturated heterocycles. The van der Waals surface area contributed by atoms with Crippen molar-refractivity contribution in [1.82, 2.24) is 15.1 Å². The number of hydrogen-bond acceptors (Lipinski definition) is 5. The van der Waals surface area contributed by atoms with Gasteiger partial charge in [0, 0.05) is 32.6 Å². The summed E-state index contributed by atoms with van der Waals surface area (Å²) in [6.07, 6.45) is 1.36. The summed E-state index contributed by atoms with van der Waals surface area (Å²) in [6.45, 7) is 5.44. The quantitative estimate of drug-likeness (QED) is 0.803. The summed E-state index contributed by atoms with van der Waals surface area (Å²) in [5.41, 5.74) is 6.21. The van der Waals surface area contributed by atoms with Crippen LogP contribution in [-0.2, 0) is 11.3 Å². The molecule has 3 N–H and O–H groups in total. The van der Waals surface area contributed by atoms with Gasteiger partial charge in [-0.05, 0) is 37.2 Å². The number of primary amides is 1. The number of hydrogen-bond donors (Lipinski definition) is 2. The summed E-state index contributed by atoms with van der Waals surface area (Å²) < 4.78 is 5.18. The first-order valence-corrected chi connectivity index (χ1v) is 8.24. The summed E-state index contributed by atoms with van der Waals surface area (Å²) in [4.78, 5) is 26.8. The van der Waals surface area contributed by atoms with Gasteiger partial charge in [0.05, 0.1) is 7.11 Å². The Morgan fingerprint density at radius 2 is 1.79 bits per heavy atom. The molecule has 7 nitrogen and oxygen atoms in total. The third kappa shape index (κ3) is 6.17. The molecule has 0 aromatic heterocycles. The Morgan fingerprint density at radius 1 is 1.12 bits per heavy atom. The number of rotatable bonds is 6. The van der Waals surface area contributed by atoms with E-state index in [2.05, 4.69) is 27.2 Å². The first kappa shape index (κ1) is 18.2. The fraction of sp³-hybridized carbons (Fsp3) is 0.529. The Morgan fingerprint density at radius 3 is 2.46 bits per heavy atom. The molecule has 1 fully saturated rings. The van der Waals surface area contributed by atoms with Crippen LogP contribution in [0.3, 0.4) is 0 Å².